The zero-order valence-electron chi connectivity index (χ0n) is 67.4. The van der Waals surface area contributed by atoms with E-state index in [2.05, 4.69) is 214 Å². The minimum absolute atomic E-state index is 0.324. The Morgan fingerprint density at radius 2 is 0.619 bits per heavy atom. The number of benzene rings is 4. The molecule has 8 aromatic heterocycles. The van der Waals surface area contributed by atoms with Gasteiger partial charge in [-0.2, -0.15) is 5.26 Å². The predicted molar refractivity (Wildman–Crippen MR) is 456 cm³/mol. The summed E-state index contributed by atoms with van der Waals surface area (Å²) in [5.41, 5.74) is 12.8. The van der Waals surface area contributed by atoms with Crippen LogP contribution in [-0.2, 0) is 26.2 Å². The van der Waals surface area contributed by atoms with E-state index < -0.39 is 0 Å². The molecule has 586 valence electrons. The summed E-state index contributed by atoms with van der Waals surface area (Å²) in [7, 11) is 16.6. The van der Waals surface area contributed by atoms with Crippen LogP contribution in [0.25, 0.3) is 43.6 Å². The van der Waals surface area contributed by atoms with Crippen LogP contribution in [0.1, 0.15) is 57.2 Å². The predicted octanol–water partition coefficient (Wildman–Crippen LogP) is 11.9. The highest BCUT2D eigenvalue weighted by Crippen LogP contribution is 2.35. The quantitative estimate of drug-likeness (QED) is 0.0878. The van der Waals surface area contributed by atoms with E-state index in [9.17, 15) is 5.26 Å². The van der Waals surface area contributed by atoms with Gasteiger partial charge in [0.2, 0.25) is 0 Å². The van der Waals surface area contributed by atoms with Gasteiger partial charge in [-0.3, -0.25) is 19.9 Å². The first-order valence-corrected chi connectivity index (χ1v) is 39.1. The van der Waals surface area contributed by atoms with E-state index in [0.29, 0.717) is 53.4 Å². The van der Waals surface area contributed by atoms with Crippen molar-refractivity contribution in [3.63, 3.8) is 0 Å². The average molecular weight is 1540 g/mol. The molecule has 4 saturated heterocycles. The number of nitrogens with zero attached hydrogens (tertiary/aromatic N) is 25. The lowest BCUT2D eigenvalue weighted by molar-refractivity contribution is 0.310. The minimum atomic E-state index is -0.324. The Balaban J connectivity index is 0.000000132. The molecule has 0 N–H and O–H groups in total. The third-order valence-electron chi connectivity index (χ3n) is 21.4. The lowest BCUT2D eigenvalue weighted by atomic mass is 10.1. The highest BCUT2D eigenvalue weighted by molar-refractivity contribution is 6.33. The number of fused-ring (bicyclic) bond motifs is 4. The van der Waals surface area contributed by atoms with E-state index in [4.69, 9.17) is 21.6 Å². The summed E-state index contributed by atoms with van der Waals surface area (Å²) < 4.78 is 15.3. The molecule has 0 saturated carbocycles. The summed E-state index contributed by atoms with van der Waals surface area (Å²) >= 11 is 6.78. The van der Waals surface area contributed by atoms with Gasteiger partial charge in [-0.25, -0.2) is 44.3 Å². The molecule has 4 aliphatic rings. The molecule has 16 rings (SSSR count). The van der Waals surface area contributed by atoms with Crippen LogP contribution in [-0.4, -0.2) is 241 Å². The number of aromatic nitrogens is 12. The molecule has 0 atom stereocenters. The summed E-state index contributed by atoms with van der Waals surface area (Å²) in [5.74, 6) is 5.65. The second kappa shape index (κ2) is 36.5. The molecule has 27 heteroatoms. The van der Waals surface area contributed by atoms with Crippen molar-refractivity contribution >= 4 is 101 Å². The number of piperazine rings is 4. The summed E-state index contributed by atoms with van der Waals surface area (Å²) in [6.07, 6.45) is 7.26. The molecule has 12 heterocycles. The fourth-order valence-electron chi connectivity index (χ4n) is 14.9. The lowest BCUT2D eigenvalue weighted by Gasteiger charge is -2.34. The van der Waals surface area contributed by atoms with Crippen LogP contribution >= 0.6 is 11.6 Å². The van der Waals surface area contributed by atoms with Gasteiger partial charge in [-0.1, -0.05) is 84.4 Å². The Labute approximate surface area is 668 Å². The Hall–Kier alpha value is -11.2. The molecule has 0 bridgehead atoms. The van der Waals surface area contributed by atoms with Gasteiger partial charge in [0.1, 0.15) is 51.5 Å². The monoisotopic (exact) mass is 1540 g/mol. The maximum Gasteiger partial charge on any atom is 0.188 e. The smallest absolute Gasteiger partial charge is 0.188 e. The van der Waals surface area contributed by atoms with Crippen molar-refractivity contribution in [2.75, 3.05) is 200 Å². The number of para-hydroxylation sites is 4. The zero-order valence-corrected chi connectivity index (χ0v) is 68.2. The van der Waals surface area contributed by atoms with E-state index in [-0.39, 0.29) is 5.82 Å². The van der Waals surface area contributed by atoms with Gasteiger partial charge >= 0.3 is 0 Å². The molecule has 0 radical (unpaired) electrons. The molecule has 0 unspecified atom stereocenters. The summed E-state index contributed by atoms with van der Waals surface area (Å²) in [6, 6.07) is 43.1. The first-order chi connectivity index (χ1) is 54.6. The third-order valence-corrected chi connectivity index (χ3v) is 21.8. The molecule has 4 aromatic carbocycles. The second-order valence-electron chi connectivity index (χ2n) is 29.9. The standard InChI is InChI=1S/C22H25N7.C22H28N6.C21H25ClN6.C21H25FN6/c1-16-25-19(18(14-23)22(26-16)29-12-10-27(2)11-13-29)15-28(3)20-8-4-6-17-7-5-9-24-21(17)20;1-16-19(24-17(2)25-22(16)28-13-11-26(3)12-14-28)15-27(4)20-9-5-7-18-8-6-10-23-21(18)20;2*1-15-24-17(19(22)21(25-15)28-12-10-26(2)11-13-28)14-27(3)18-8-4-6-16-7-5-9-23-20(16)18/h4-9H,10-13,15H2,1-3H3;5-10H,11-15H2,1-4H3;2*4-9H,10-14H2,1-3H3. The Bertz CT molecular complexity index is 4920. The summed E-state index contributed by atoms with van der Waals surface area (Å²) in [6.45, 7) is 27.0. The number of hydrogen-bond acceptors (Lipinski definition) is 25. The van der Waals surface area contributed by atoms with Crippen LogP contribution in [0.3, 0.4) is 0 Å². The molecule has 0 aliphatic carbocycles. The van der Waals surface area contributed by atoms with Gasteiger partial charge in [0, 0.05) is 185 Å². The molecular weight excluding hydrogens is 1440 g/mol. The SMILES string of the molecule is Cc1nc(CN(C)c2cccc3cccnc23)c(C#N)c(N2CCN(C)CC2)n1.Cc1nc(CN(C)c2cccc3cccnc23)c(C)c(N2CCN(C)CC2)n1.Cc1nc(CN(C)c2cccc3cccnc23)c(Cl)c(N2CCN(C)CC2)n1.Cc1nc(CN(C)c2cccc3cccnc23)c(F)c(N2CCN(C)CC2)n1. The highest BCUT2D eigenvalue weighted by atomic mass is 35.5. The maximum absolute atomic E-state index is 15.3. The summed E-state index contributed by atoms with van der Waals surface area (Å²) in [5, 5.41) is 15.0. The number of pyridine rings is 4. The van der Waals surface area contributed by atoms with E-state index >= 15 is 4.39 Å². The number of nitriles is 1. The van der Waals surface area contributed by atoms with Crippen molar-refractivity contribution in [2.45, 2.75) is 60.8 Å². The fourth-order valence-corrected chi connectivity index (χ4v) is 15.2. The van der Waals surface area contributed by atoms with Crippen molar-refractivity contribution in [3.05, 3.63) is 214 Å². The molecular formula is C86H103ClFN25. The molecule has 4 fully saturated rings. The normalized spacial score (nSPS) is 15.1. The number of hydrogen-bond donors (Lipinski definition) is 0. The van der Waals surface area contributed by atoms with Crippen LogP contribution in [0.15, 0.2) is 146 Å². The average Bonchev–Trinajstić information content (AvgIpc) is 0.841. The topological polar surface area (TPSA) is 217 Å². The van der Waals surface area contributed by atoms with Gasteiger partial charge in [0.15, 0.2) is 23.3 Å². The molecule has 0 amide bonds. The Morgan fingerprint density at radius 3 is 1.00 bits per heavy atom. The first-order valence-electron chi connectivity index (χ1n) is 38.8. The highest BCUT2D eigenvalue weighted by Gasteiger charge is 2.28. The lowest BCUT2D eigenvalue weighted by Crippen LogP contribution is -2.45. The number of aryl methyl sites for hydroxylation is 4. The van der Waals surface area contributed by atoms with Crippen molar-refractivity contribution in [1.82, 2.24) is 79.4 Å². The van der Waals surface area contributed by atoms with Crippen LogP contribution in [0, 0.1) is 51.8 Å². The largest absolute Gasteiger partial charge is 0.367 e. The zero-order chi connectivity index (χ0) is 79.4. The van der Waals surface area contributed by atoms with Crippen LogP contribution in [0.4, 0.5) is 50.4 Å². The third kappa shape index (κ3) is 19.1. The van der Waals surface area contributed by atoms with E-state index in [1.54, 1.807) is 12.4 Å². The second-order valence-corrected chi connectivity index (χ2v) is 30.3. The van der Waals surface area contributed by atoms with E-state index in [1.807, 2.05) is 126 Å². The molecule has 4 aliphatic heterocycles. The van der Waals surface area contributed by atoms with E-state index in [0.717, 1.165) is 224 Å². The number of anilines is 8. The van der Waals surface area contributed by atoms with Crippen LogP contribution < -0.4 is 39.2 Å². The van der Waals surface area contributed by atoms with Crippen molar-refractivity contribution < 1.29 is 4.39 Å². The number of rotatable bonds is 16. The molecule has 113 heavy (non-hydrogen) atoms. The van der Waals surface area contributed by atoms with Crippen molar-refractivity contribution in [3.8, 4) is 6.07 Å². The Morgan fingerprint density at radius 1 is 0.345 bits per heavy atom. The van der Waals surface area contributed by atoms with Gasteiger partial charge in [-0.05, 0) is 111 Å². The van der Waals surface area contributed by atoms with Crippen LogP contribution in [0.2, 0.25) is 5.02 Å². The first kappa shape index (κ1) is 79.9. The molecule has 25 nitrogen and oxygen atoms in total. The van der Waals surface area contributed by atoms with Gasteiger partial charge in [-0.15, -0.1) is 0 Å². The maximum atomic E-state index is 15.3. The number of halogens is 2. The van der Waals surface area contributed by atoms with Crippen molar-refractivity contribution in [1.29, 1.82) is 5.26 Å². The van der Waals surface area contributed by atoms with Gasteiger partial charge < -0.3 is 58.8 Å². The molecule has 12 aromatic rings. The van der Waals surface area contributed by atoms with Crippen molar-refractivity contribution in [2.24, 2.45) is 0 Å². The van der Waals surface area contributed by atoms with Gasteiger partial charge in [0.25, 0.3) is 0 Å². The van der Waals surface area contributed by atoms with Gasteiger partial charge in [0.05, 0.1) is 88.1 Å². The minimum Gasteiger partial charge on any atom is -0.367 e. The Kier molecular flexibility index (Phi) is 25.8. The van der Waals surface area contributed by atoms with Crippen LogP contribution in [0.5, 0.6) is 0 Å². The molecule has 0 spiro atoms. The van der Waals surface area contributed by atoms with E-state index in [1.165, 1.54) is 5.56 Å². The summed E-state index contributed by atoms with van der Waals surface area (Å²) in [4.78, 5) is 81.7. The number of likely N-dealkylation sites (N-methyl/N-ethyl adjacent to an activating group) is 4. The fraction of sp³-hybridized carbons (Fsp3) is 0.384.